The first kappa shape index (κ1) is 60.0. The van der Waals surface area contributed by atoms with Crippen molar-refractivity contribution >= 4 is 27.6 Å². The summed E-state index contributed by atoms with van der Waals surface area (Å²) in [5.41, 5.74) is 0. The third-order valence-electron chi connectivity index (χ3n) is 8.96. The minimum absolute atomic E-state index is 0.0629. The fourth-order valence-electron chi connectivity index (χ4n) is 5.52. The zero-order chi connectivity index (χ0) is 46.5. The molecule has 0 spiro atoms. The van der Waals surface area contributed by atoms with Gasteiger partial charge in [-0.2, -0.15) is 0 Å². The van der Waals surface area contributed by atoms with Crippen molar-refractivity contribution in [1.82, 2.24) is 0 Å². The largest absolute Gasteiger partial charge is 0.472 e. The van der Waals surface area contributed by atoms with E-state index in [0.29, 0.717) is 19.3 Å². The number of phosphoric ester groups is 2. The summed E-state index contributed by atoms with van der Waals surface area (Å²) in [6, 6.07) is 0. The summed E-state index contributed by atoms with van der Waals surface area (Å²) in [6.07, 6.45) is 51.2. The zero-order valence-electron chi connectivity index (χ0n) is 38.1. The lowest BCUT2D eigenvalue weighted by molar-refractivity contribution is -0.161. The van der Waals surface area contributed by atoms with E-state index in [4.69, 9.17) is 23.8 Å². The molecule has 0 aromatic heterocycles. The van der Waals surface area contributed by atoms with Gasteiger partial charge in [0.2, 0.25) is 0 Å². The van der Waals surface area contributed by atoms with Crippen LogP contribution in [-0.2, 0) is 41.8 Å². The molecular weight excluding hydrogens is 846 g/mol. The summed E-state index contributed by atoms with van der Waals surface area (Å²) in [5.74, 6) is -1.15. The van der Waals surface area contributed by atoms with E-state index in [0.717, 1.165) is 89.9 Å². The molecular formula is C48H80O13P2. The number of aliphatic hydroxyl groups is 1. The Balaban J connectivity index is 4.63. The molecule has 0 aliphatic heterocycles. The zero-order valence-corrected chi connectivity index (χ0v) is 39.9. The van der Waals surface area contributed by atoms with Gasteiger partial charge < -0.3 is 29.3 Å². The van der Waals surface area contributed by atoms with E-state index in [2.05, 4.69) is 102 Å². The predicted molar refractivity (Wildman–Crippen MR) is 253 cm³/mol. The maximum Gasteiger partial charge on any atom is 0.472 e. The van der Waals surface area contributed by atoms with Crippen LogP contribution in [-0.4, -0.2) is 70.4 Å². The summed E-state index contributed by atoms with van der Waals surface area (Å²) in [4.78, 5) is 52.7. The van der Waals surface area contributed by atoms with Gasteiger partial charge in [0.1, 0.15) is 12.7 Å². The normalized spacial score (nSPS) is 14.8. The van der Waals surface area contributed by atoms with E-state index >= 15 is 0 Å². The van der Waals surface area contributed by atoms with Crippen LogP contribution >= 0.6 is 15.6 Å². The van der Waals surface area contributed by atoms with E-state index in [1.54, 1.807) is 0 Å². The lowest BCUT2D eigenvalue weighted by Crippen LogP contribution is -2.29. The molecule has 13 nitrogen and oxygen atoms in total. The molecule has 0 rings (SSSR count). The maximum absolute atomic E-state index is 12.7. The van der Waals surface area contributed by atoms with Crippen molar-refractivity contribution in [3.63, 3.8) is 0 Å². The Hall–Kier alpha value is -2.96. The van der Waals surface area contributed by atoms with Crippen molar-refractivity contribution in [2.45, 2.75) is 167 Å². The highest BCUT2D eigenvalue weighted by atomic mass is 31.2. The highest BCUT2D eigenvalue weighted by Crippen LogP contribution is 2.43. The molecule has 1 unspecified atom stereocenters. The number of rotatable bonds is 42. The molecule has 0 aliphatic rings. The van der Waals surface area contributed by atoms with Crippen LogP contribution in [0.2, 0.25) is 0 Å². The molecule has 360 valence electrons. The van der Waals surface area contributed by atoms with E-state index in [9.17, 15) is 28.7 Å². The molecule has 0 amide bonds. The van der Waals surface area contributed by atoms with Gasteiger partial charge in [0.05, 0.1) is 19.8 Å². The van der Waals surface area contributed by atoms with Crippen LogP contribution in [0.25, 0.3) is 0 Å². The third-order valence-corrected chi connectivity index (χ3v) is 10.4. The summed E-state index contributed by atoms with van der Waals surface area (Å²) < 4.78 is 47.8. The van der Waals surface area contributed by atoms with Crippen molar-refractivity contribution in [3.05, 3.63) is 97.2 Å². The van der Waals surface area contributed by atoms with Crippen LogP contribution in [0.3, 0.4) is 0 Å². The summed E-state index contributed by atoms with van der Waals surface area (Å²) >= 11 is 0. The summed E-state index contributed by atoms with van der Waals surface area (Å²) in [6.45, 7) is 1.52. The first-order valence-corrected chi connectivity index (χ1v) is 26.0. The van der Waals surface area contributed by atoms with Crippen LogP contribution in [0.1, 0.15) is 155 Å². The van der Waals surface area contributed by atoms with E-state index < -0.39 is 66.2 Å². The van der Waals surface area contributed by atoms with Gasteiger partial charge in [-0.25, -0.2) is 9.13 Å². The fourth-order valence-corrected chi connectivity index (χ4v) is 6.68. The van der Waals surface area contributed by atoms with Crippen LogP contribution in [0.5, 0.6) is 0 Å². The van der Waals surface area contributed by atoms with Crippen LogP contribution < -0.4 is 0 Å². The maximum atomic E-state index is 12.7. The topological polar surface area (TPSA) is 195 Å². The second-order valence-electron chi connectivity index (χ2n) is 14.9. The van der Waals surface area contributed by atoms with Crippen LogP contribution in [0.15, 0.2) is 97.2 Å². The highest BCUT2D eigenvalue weighted by molar-refractivity contribution is 7.47. The molecule has 0 heterocycles. The van der Waals surface area contributed by atoms with Crippen molar-refractivity contribution < 1.29 is 61.6 Å². The Morgan fingerprint density at radius 3 is 1.41 bits per heavy atom. The first-order valence-electron chi connectivity index (χ1n) is 22.9. The second kappa shape index (κ2) is 43.0. The molecule has 0 saturated heterocycles. The Kier molecular flexibility index (Phi) is 40.9. The van der Waals surface area contributed by atoms with Crippen molar-refractivity contribution in [2.75, 3.05) is 26.4 Å². The average Bonchev–Trinajstić information content (AvgIpc) is 3.24. The van der Waals surface area contributed by atoms with Crippen LogP contribution in [0, 0.1) is 0 Å². The standard InChI is InChI=1S/C48H80O13P2/c1-3-5-7-9-11-13-15-17-19-21-22-24-25-27-29-31-33-35-37-39-47(50)57-43-46(44-60-63(55,56)59-42-45(49)41-58-62(52,53)54)61-48(51)40-38-36-34-32-30-28-26-23-20-18-16-14-12-10-8-6-4-2/h5,7,11-14,17-20,22,24,27,29,33,35,45-46,49H,3-4,6,8-10,15-16,21,23,25-26,28,30-32,34,36-44H2,1-2H3,(H,55,56)(H2,52,53,54)/b7-5-,13-11-,14-12-,19-17-,20-18-,24-22-,29-27-,35-33-/t45-,46+/m0/s1. The Morgan fingerprint density at radius 1 is 0.476 bits per heavy atom. The minimum Gasteiger partial charge on any atom is -0.462 e. The lowest BCUT2D eigenvalue weighted by atomic mass is 10.1. The van der Waals surface area contributed by atoms with Gasteiger partial charge in [-0.05, 0) is 83.5 Å². The van der Waals surface area contributed by atoms with Gasteiger partial charge in [0.25, 0.3) is 0 Å². The molecule has 0 radical (unpaired) electrons. The molecule has 0 aliphatic carbocycles. The molecule has 0 bridgehead atoms. The van der Waals surface area contributed by atoms with Gasteiger partial charge in [-0.15, -0.1) is 0 Å². The molecule has 0 aromatic rings. The number of carbonyl (C=O) groups excluding carboxylic acids is 2. The van der Waals surface area contributed by atoms with Crippen molar-refractivity contribution in [3.8, 4) is 0 Å². The summed E-state index contributed by atoms with van der Waals surface area (Å²) in [7, 11) is -9.71. The van der Waals surface area contributed by atoms with Gasteiger partial charge >= 0.3 is 27.6 Å². The number of aliphatic hydroxyl groups excluding tert-OH is 1. The van der Waals surface area contributed by atoms with Gasteiger partial charge in [-0.3, -0.25) is 23.2 Å². The van der Waals surface area contributed by atoms with Gasteiger partial charge in [-0.1, -0.05) is 156 Å². The van der Waals surface area contributed by atoms with Gasteiger partial charge in [0.15, 0.2) is 6.10 Å². The number of unbranched alkanes of at least 4 members (excludes halogenated alkanes) is 10. The number of esters is 2. The second-order valence-corrected chi connectivity index (χ2v) is 17.6. The highest BCUT2D eigenvalue weighted by Gasteiger charge is 2.28. The summed E-state index contributed by atoms with van der Waals surface area (Å²) in [5, 5.41) is 9.76. The van der Waals surface area contributed by atoms with Crippen molar-refractivity contribution in [1.29, 1.82) is 0 Å². The SMILES string of the molecule is CC/C=C\C/C=C\C/C=C\C/C=C\C/C=C\C/C=C\CCC(=O)OC[C@H](COP(=O)(O)OC[C@@H](O)COP(=O)(O)O)OC(=O)CCCCCCCCC/C=C\C/C=C\CCCCC. The van der Waals surface area contributed by atoms with E-state index in [1.807, 2.05) is 18.2 Å². The number of ether oxygens (including phenoxy) is 2. The molecule has 0 aromatic carbocycles. The number of hydrogen-bond donors (Lipinski definition) is 4. The smallest absolute Gasteiger partial charge is 0.462 e. The predicted octanol–water partition coefficient (Wildman–Crippen LogP) is 12.1. The van der Waals surface area contributed by atoms with E-state index in [1.165, 1.54) is 19.3 Å². The number of phosphoric acid groups is 2. The third kappa shape index (κ3) is 46.8. The average molecular weight is 927 g/mol. The van der Waals surface area contributed by atoms with Crippen LogP contribution in [0.4, 0.5) is 0 Å². The number of hydrogen-bond acceptors (Lipinski definition) is 10. The number of allylic oxidation sites excluding steroid dienone is 16. The first-order chi connectivity index (χ1) is 30.4. The quantitative estimate of drug-likeness (QED) is 0.0196. The Bertz CT molecular complexity index is 1480. The monoisotopic (exact) mass is 927 g/mol. The number of carbonyl (C=O) groups is 2. The molecule has 4 N–H and O–H groups in total. The molecule has 3 atom stereocenters. The fraction of sp³-hybridized carbons (Fsp3) is 0.625. The minimum atomic E-state index is -4.88. The molecule has 0 saturated carbocycles. The van der Waals surface area contributed by atoms with Gasteiger partial charge in [0, 0.05) is 12.8 Å². The Labute approximate surface area is 379 Å². The Morgan fingerprint density at radius 2 is 0.905 bits per heavy atom. The lowest BCUT2D eigenvalue weighted by Gasteiger charge is -2.20. The molecule has 63 heavy (non-hydrogen) atoms. The van der Waals surface area contributed by atoms with E-state index in [-0.39, 0.29) is 12.8 Å². The van der Waals surface area contributed by atoms with Crippen molar-refractivity contribution in [2.24, 2.45) is 0 Å². The molecule has 0 fully saturated rings. The molecule has 15 heteroatoms.